The van der Waals surface area contributed by atoms with Gasteiger partial charge in [-0.15, -0.1) is 0 Å². The zero-order valence-corrected chi connectivity index (χ0v) is 13.3. The quantitative estimate of drug-likeness (QED) is 0.797. The number of hydrogen-bond acceptors (Lipinski definition) is 4. The third-order valence-corrected chi connectivity index (χ3v) is 3.37. The van der Waals surface area contributed by atoms with Crippen LogP contribution in [0.3, 0.4) is 0 Å². The van der Waals surface area contributed by atoms with Crippen molar-refractivity contribution in [3.8, 4) is 0 Å². The van der Waals surface area contributed by atoms with Crippen LogP contribution in [-0.4, -0.2) is 23.6 Å². The van der Waals surface area contributed by atoms with E-state index in [-0.39, 0.29) is 0 Å². The van der Waals surface area contributed by atoms with E-state index < -0.39 is 0 Å². The van der Waals surface area contributed by atoms with Crippen LogP contribution in [0.5, 0.6) is 0 Å². The predicted octanol–water partition coefficient (Wildman–Crippen LogP) is 3.27. The molecule has 0 aliphatic rings. The average molecular weight is 305 g/mol. The fourth-order valence-corrected chi connectivity index (χ4v) is 2.11. The van der Waals surface area contributed by atoms with Gasteiger partial charge in [-0.2, -0.15) is 0 Å². The van der Waals surface area contributed by atoms with Gasteiger partial charge < -0.3 is 10.2 Å². The van der Waals surface area contributed by atoms with Crippen LogP contribution in [0, 0.1) is 0 Å². The molecule has 0 atom stereocenters. The molecule has 0 bridgehead atoms. The minimum atomic E-state index is 0.726. The van der Waals surface area contributed by atoms with Crippen molar-refractivity contribution >= 4 is 17.5 Å². The number of nitrogens with zero attached hydrogens (tertiary/aromatic N) is 3. The lowest BCUT2D eigenvalue weighted by Gasteiger charge is -2.17. The van der Waals surface area contributed by atoms with Gasteiger partial charge in [0.05, 0.1) is 0 Å². The second-order valence-corrected chi connectivity index (χ2v) is 5.49. The Labute approximate surface area is 131 Å². The van der Waals surface area contributed by atoms with Gasteiger partial charge in [-0.25, -0.2) is 9.97 Å². The minimum absolute atomic E-state index is 0.726. The number of nitrogens with one attached hydrogen (secondary N) is 1. The Balaban J connectivity index is 1.93. The number of anilines is 1. The zero-order valence-electron chi connectivity index (χ0n) is 12.5. The molecule has 1 heterocycles. The van der Waals surface area contributed by atoms with E-state index in [1.165, 1.54) is 5.56 Å². The molecule has 0 unspecified atom stereocenters. The lowest BCUT2D eigenvalue weighted by atomic mass is 10.2. The van der Waals surface area contributed by atoms with Crippen molar-refractivity contribution in [2.75, 3.05) is 18.5 Å². The van der Waals surface area contributed by atoms with Crippen LogP contribution in [0.25, 0.3) is 0 Å². The first-order chi connectivity index (χ1) is 10.2. The zero-order chi connectivity index (χ0) is 15.1. The summed E-state index contributed by atoms with van der Waals surface area (Å²) in [7, 11) is 1.99. The van der Waals surface area contributed by atoms with Crippen LogP contribution < -0.4 is 10.2 Å². The maximum Gasteiger partial charge on any atom is 0.225 e. The Morgan fingerprint density at radius 1 is 1.10 bits per heavy atom. The van der Waals surface area contributed by atoms with Crippen molar-refractivity contribution in [2.45, 2.75) is 26.4 Å². The lowest BCUT2D eigenvalue weighted by Crippen LogP contribution is -2.20. The topological polar surface area (TPSA) is 41.1 Å². The van der Waals surface area contributed by atoms with Crippen LogP contribution in [0.4, 0.5) is 5.95 Å². The Bertz CT molecular complexity index is 539. The molecule has 1 aromatic carbocycles. The van der Waals surface area contributed by atoms with Gasteiger partial charge in [0.25, 0.3) is 0 Å². The largest absolute Gasteiger partial charge is 0.340 e. The maximum atomic E-state index is 5.89. The molecule has 1 N–H and O–H groups in total. The van der Waals surface area contributed by atoms with Crippen LogP contribution in [0.15, 0.2) is 36.7 Å². The summed E-state index contributed by atoms with van der Waals surface area (Å²) in [5.41, 5.74) is 2.28. The first kappa shape index (κ1) is 15.7. The molecule has 0 radical (unpaired) electrons. The molecule has 112 valence electrons. The molecule has 1 aromatic heterocycles. The van der Waals surface area contributed by atoms with E-state index >= 15 is 0 Å². The summed E-state index contributed by atoms with van der Waals surface area (Å²) < 4.78 is 0. The molecule has 0 aliphatic heterocycles. The van der Waals surface area contributed by atoms with Gasteiger partial charge >= 0.3 is 0 Å². The molecule has 2 rings (SSSR count). The number of aromatic nitrogens is 2. The van der Waals surface area contributed by atoms with Crippen molar-refractivity contribution in [1.29, 1.82) is 0 Å². The molecule has 0 saturated heterocycles. The van der Waals surface area contributed by atoms with E-state index in [1.54, 1.807) is 0 Å². The van der Waals surface area contributed by atoms with Gasteiger partial charge in [-0.05, 0) is 30.7 Å². The highest BCUT2D eigenvalue weighted by molar-refractivity contribution is 6.30. The minimum Gasteiger partial charge on any atom is -0.340 e. The molecular formula is C16H21ClN4. The summed E-state index contributed by atoms with van der Waals surface area (Å²) in [5, 5.41) is 4.09. The average Bonchev–Trinajstić information content (AvgIpc) is 2.50. The monoisotopic (exact) mass is 304 g/mol. The van der Waals surface area contributed by atoms with Crippen LogP contribution in [0.1, 0.15) is 24.5 Å². The normalized spacial score (nSPS) is 10.6. The van der Waals surface area contributed by atoms with Crippen LogP contribution >= 0.6 is 11.6 Å². The fourth-order valence-electron chi connectivity index (χ4n) is 1.98. The Hall–Kier alpha value is -1.65. The van der Waals surface area contributed by atoms with E-state index in [0.717, 1.165) is 42.6 Å². The maximum absolute atomic E-state index is 5.89. The molecule has 5 heteroatoms. The summed E-state index contributed by atoms with van der Waals surface area (Å²) in [6, 6.07) is 7.83. The van der Waals surface area contributed by atoms with Gasteiger partial charge in [0.2, 0.25) is 5.95 Å². The van der Waals surface area contributed by atoms with Crippen molar-refractivity contribution in [3.63, 3.8) is 0 Å². The number of halogens is 1. The molecule has 4 nitrogen and oxygen atoms in total. The predicted molar refractivity (Wildman–Crippen MR) is 87.6 cm³/mol. The molecule has 2 aromatic rings. The van der Waals surface area contributed by atoms with Gasteiger partial charge in [0.15, 0.2) is 0 Å². The molecular weight excluding hydrogens is 284 g/mol. The van der Waals surface area contributed by atoms with Gasteiger partial charge in [-0.1, -0.05) is 30.7 Å². The SMILES string of the molecule is CCCNCc1cnc(N(C)Cc2ccc(Cl)cc2)nc1. The third-order valence-electron chi connectivity index (χ3n) is 3.12. The van der Waals surface area contributed by atoms with Crippen molar-refractivity contribution in [1.82, 2.24) is 15.3 Å². The molecule has 0 spiro atoms. The summed E-state index contributed by atoms with van der Waals surface area (Å²) in [6.45, 7) is 4.73. The summed E-state index contributed by atoms with van der Waals surface area (Å²) in [6.07, 6.45) is 4.88. The van der Waals surface area contributed by atoms with E-state index in [0.29, 0.717) is 0 Å². The van der Waals surface area contributed by atoms with Crippen LogP contribution in [-0.2, 0) is 13.1 Å². The van der Waals surface area contributed by atoms with E-state index in [9.17, 15) is 0 Å². The summed E-state index contributed by atoms with van der Waals surface area (Å²) >= 11 is 5.89. The van der Waals surface area contributed by atoms with Crippen LogP contribution in [0.2, 0.25) is 5.02 Å². The summed E-state index contributed by atoms with van der Waals surface area (Å²) in [5.74, 6) is 0.726. The third kappa shape index (κ3) is 4.99. The second-order valence-electron chi connectivity index (χ2n) is 5.05. The first-order valence-electron chi connectivity index (χ1n) is 7.16. The fraction of sp³-hybridized carbons (Fsp3) is 0.375. The van der Waals surface area contributed by atoms with E-state index in [1.807, 2.05) is 48.6 Å². The van der Waals surface area contributed by atoms with Gasteiger partial charge in [0.1, 0.15) is 0 Å². The Kier molecular flexibility index (Phi) is 5.96. The van der Waals surface area contributed by atoms with Crippen molar-refractivity contribution < 1.29 is 0 Å². The van der Waals surface area contributed by atoms with Crippen molar-refractivity contribution in [3.05, 3.63) is 52.8 Å². The Morgan fingerprint density at radius 2 is 1.76 bits per heavy atom. The lowest BCUT2D eigenvalue weighted by molar-refractivity contribution is 0.671. The van der Waals surface area contributed by atoms with E-state index in [2.05, 4.69) is 22.2 Å². The molecule has 21 heavy (non-hydrogen) atoms. The molecule has 0 fully saturated rings. The van der Waals surface area contributed by atoms with Gasteiger partial charge in [-0.3, -0.25) is 0 Å². The summed E-state index contributed by atoms with van der Waals surface area (Å²) in [4.78, 5) is 10.9. The molecule has 0 saturated carbocycles. The number of rotatable bonds is 7. The smallest absolute Gasteiger partial charge is 0.225 e. The van der Waals surface area contributed by atoms with Gasteiger partial charge in [0, 0.05) is 43.1 Å². The highest BCUT2D eigenvalue weighted by Crippen LogP contribution is 2.13. The number of benzene rings is 1. The molecule has 0 aliphatic carbocycles. The highest BCUT2D eigenvalue weighted by atomic mass is 35.5. The highest BCUT2D eigenvalue weighted by Gasteiger charge is 2.05. The van der Waals surface area contributed by atoms with E-state index in [4.69, 9.17) is 11.6 Å². The Morgan fingerprint density at radius 3 is 2.38 bits per heavy atom. The standard InChI is InChI=1S/C16H21ClN4/c1-3-8-18-9-14-10-19-16(20-11-14)21(2)12-13-4-6-15(17)7-5-13/h4-7,10-11,18H,3,8-9,12H2,1-2H3. The molecule has 0 amide bonds. The second kappa shape index (κ2) is 7.96. The first-order valence-corrected chi connectivity index (χ1v) is 7.54. The van der Waals surface area contributed by atoms with Crippen molar-refractivity contribution in [2.24, 2.45) is 0 Å². The number of hydrogen-bond donors (Lipinski definition) is 1.